The lowest BCUT2D eigenvalue weighted by Crippen LogP contribution is -2.11. The maximum absolute atomic E-state index is 11.6. The molecule has 0 aliphatic heterocycles. The van der Waals surface area contributed by atoms with Gasteiger partial charge >= 0.3 is 5.97 Å². The van der Waals surface area contributed by atoms with E-state index in [0.29, 0.717) is 42.2 Å². The van der Waals surface area contributed by atoms with Gasteiger partial charge in [0.15, 0.2) is 11.7 Å². The molecule has 0 bridgehead atoms. The third-order valence-corrected chi connectivity index (χ3v) is 6.37. The molecule has 0 fully saturated rings. The Morgan fingerprint density at radius 1 is 0.824 bits per heavy atom. The zero-order chi connectivity index (χ0) is 24.1. The Labute approximate surface area is 197 Å². The maximum Gasteiger partial charge on any atom is 0.303 e. The Morgan fingerprint density at radius 3 is 2.03 bits per heavy atom. The van der Waals surface area contributed by atoms with E-state index in [1.807, 2.05) is 54.6 Å². The Hall–Kier alpha value is -3.75. The van der Waals surface area contributed by atoms with Crippen molar-refractivity contribution in [1.82, 2.24) is 4.98 Å². The molecule has 0 spiro atoms. The summed E-state index contributed by atoms with van der Waals surface area (Å²) in [5, 5.41) is 14.0. The lowest BCUT2D eigenvalue weighted by Gasteiger charge is -2.03. The van der Waals surface area contributed by atoms with Crippen molar-refractivity contribution in [2.75, 3.05) is 0 Å². The van der Waals surface area contributed by atoms with Crippen LogP contribution < -0.4 is 5.14 Å². The summed E-state index contributed by atoms with van der Waals surface area (Å²) in [5.41, 5.74) is 4.36. The van der Waals surface area contributed by atoms with Gasteiger partial charge in [-0.3, -0.25) is 4.79 Å². The fourth-order valence-corrected chi connectivity index (χ4v) is 4.15. The molecule has 4 aromatic rings. The van der Waals surface area contributed by atoms with Gasteiger partial charge in [0, 0.05) is 24.0 Å². The predicted molar refractivity (Wildman–Crippen MR) is 129 cm³/mol. The van der Waals surface area contributed by atoms with Crippen LogP contribution in [0.1, 0.15) is 23.4 Å². The molecule has 0 amide bonds. The molecule has 1 aromatic heterocycles. The molecule has 4 rings (SSSR count). The van der Waals surface area contributed by atoms with Crippen molar-refractivity contribution in [2.45, 2.75) is 30.6 Å². The van der Waals surface area contributed by atoms with Gasteiger partial charge in [0.25, 0.3) is 0 Å². The van der Waals surface area contributed by atoms with Crippen LogP contribution in [0.3, 0.4) is 0 Å². The Bertz CT molecular complexity index is 1380. The first kappa shape index (κ1) is 23.4. The number of sulfonamides is 1. The van der Waals surface area contributed by atoms with Crippen molar-refractivity contribution < 1.29 is 22.7 Å². The van der Waals surface area contributed by atoms with Crippen molar-refractivity contribution in [3.05, 3.63) is 95.9 Å². The molecule has 8 heteroatoms. The van der Waals surface area contributed by atoms with E-state index in [-0.39, 0.29) is 11.3 Å². The average molecular weight is 477 g/mol. The fraction of sp³-hybridized carbons (Fsp3) is 0.154. The van der Waals surface area contributed by atoms with Crippen LogP contribution in [0, 0.1) is 0 Å². The maximum atomic E-state index is 11.6. The van der Waals surface area contributed by atoms with Gasteiger partial charge in [-0.2, -0.15) is 0 Å². The highest BCUT2D eigenvalue weighted by molar-refractivity contribution is 7.89. The standard InChI is InChI=1S/C26H24N2O5S/c27-34(31,32)22-14-12-21(13-15-22)26-25(20-4-2-1-3-5-20)28-23(33-26)16-10-18-6-8-19(9-7-18)11-17-24(29)30/h1-9,12-15H,10-11,16-17H2,(H,29,30)(H2,27,31,32). The third kappa shape index (κ3) is 5.78. The zero-order valence-electron chi connectivity index (χ0n) is 18.3. The number of primary sulfonamides is 1. The number of benzene rings is 3. The number of nitrogens with zero attached hydrogens (tertiary/aromatic N) is 1. The van der Waals surface area contributed by atoms with Crippen molar-refractivity contribution in [3.63, 3.8) is 0 Å². The highest BCUT2D eigenvalue weighted by Crippen LogP contribution is 2.33. The van der Waals surface area contributed by atoms with Crippen LogP contribution in [-0.2, 0) is 34.1 Å². The smallest absolute Gasteiger partial charge is 0.303 e. The number of aliphatic carboxylic acids is 1. The summed E-state index contributed by atoms with van der Waals surface area (Å²) in [4.78, 5) is 15.5. The molecule has 0 aliphatic carbocycles. The van der Waals surface area contributed by atoms with Crippen molar-refractivity contribution >= 4 is 16.0 Å². The van der Waals surface area contributed by atoms with Gasteiger partial charge in [-0.1, -0.05) is 54.6 Å². The minimum absolute atomic E-state index is 0.0315. The summed E-state index contributed by atoms with van der Waals surface area (Å²) in [6.45, 7) is 0. The number of carbonyl (C=O) groups is 1. The summed E-state index contributed by atoms with van der Waals surface area (Å²) in [6.07, 6.45) is 1.89. The van der Waals surface area contributed by atoms with Gasteiger partial charge in [0.1, 0.15) is 5.69 Å². The topological polar surface area (TPSA) is 123 Å². The number of rotatable bonds is 9. The number of carboxylic acids is 1. The molecule has 0 aliphatic rings. The normalized spacial score (nSPS) is 11.4. The molecule has 3 aromatic carbocycles. The fourth-order valence-electron chi connectivity index (χ4n) is 3.63. The number of hydrogen-bond acceptors (Lipinski definition) is 5. The van der Waals surface area contributed by atoms with Gasteiger partial charge in [-0.15, -0.1) is 0 Å². The summed E-state index contributed by atoms with van der Waals surface area (Å²) < 4.78 is 29.3. The Kier molecular flexibility index (Phi) is 6.90. The number of nitrogens with two attached hydrogens (primary N) is 1. The van der Waals surface area contributed by atoms with E-state index < -0.39 is 16.0 Å². The summed E-state index contributed by atoms with van der Waals surface area (Å²) in [7, 11) is -3.78. The van der Waals surface area contributed by atoms with Crippen LogP contribution in [-0.4, -0.2) is 24.5 Å². The van der Waals surface area contributed by atoms with E-state index in [9.17, 15) is 13.2 Å². The number of oxazole rings is 1. The van der Waals surface area contributed by atoms with Crippen LogP contribution in [0.15, 0.2) is 88.2 Å². The minimum Gasteiger partial charge on any atom is -0.481 e. The van der Waals surface area contributed by atoms with Gasteiger partial charge < -0.3 is 9.52 Å². The second kappa shape index (κ2) is 10.0. The number of hydrogen-bond donors (Lipinski definition) is 2. The Morgan fingerprint density at radius 2 is 1.44 bits per heavy atom. The second-order valence-corrected chi connectivity index (χ2v) is 9.49. The molecule has 7 nitrogen and oxygen atoms in total. The van der Waals surface area contributed by atoms with E-state index in [4.69, 9.17) is 19.6 Å². The van der Waals surface area contributed by atoms with Gasteiger partial charge in [0.05, 0.1) is 4.90 Å². The quantitative estimate of drug-likeness (QED) is 0.368. The molecule has 174 valence electrons. The summed E-state index contributed by atoms with van der Waals surface area (Å²) in [6, 6.07) is 23.7. The van der Waals surface area contributed by atoms with Crippen LogP contribution in [0.4, 0.5) is 0 Å². The highest BCUT2D eigenvalue weighted by atomic mass is 32.2. The molecule has 0 atom stereocenters. The lowest BCUT2D eigenvalue weighted by molar-refractivity contribution is -0.136. The van der Waals surface area contributed by atoms with E-state index in [2.05, 4.69) is 0 Å². The number of aryl methyl sites for hydroxylation is 3. The largest absolute Gasteiger partial charge is 0.481 e. The first-order valence-corrected chi connectivity index (χ1v) is 12.3. The third-order valence-electron chi connectivity index (χ3n) is 5.44. The molecular weight excluding hydrogens is 452 g/mol. The van der Waals surface area contributed by atoms with Gasteiger partial charge in [0.2, 0.25) is 10.0 Å². The SMILES string of the molecule is NS(=O)(=O)c1ccc(-c2oc(CCc3ccc(CCC(=O)O)cc3)nc2-c2ccccc2)cc1. The molecule has 0 unspecified atom stereocenters. The average Bonchev–Trinajstić information content (AvgIpc) is 3.26. The van der Waals surface area contributed by atoms with Crippen molar-refractivity contribution in [3.8, 4) is 22.6 Å². The summed E-state index contributed by atoms with van der Waals surface area (Å²) in [5.74, 6) is 0.322. The minimum atomic E-state index is -3.78. The van der Waals surface area contributed by atoms with Crippen molar-refractivity contribution in [1.29, 1.82) is 0 Å². The Balaban J connectivity index is 1.57. The summed E-state index contributed by atoms with van der Waals surface area (Å²) >= 11 is 0. The van der Waals surface area contributed by atoms with E-state index in [0.717, 1.165) is 16.7 Å². The van der Waals surface area contributed by atoms with Crippen LogP contribution in [0.25, 0.3) is 22.6 Å². The first-order valence-electron chi connectivity index (χ1n) is 10.8. The molecule has 3 N–H and O–H groups in total. The highest BCUT2D eigenvalue weighted by Gasteiger charge is 2.18. The lowest BCUT2D eigenvalue weighted by atomic mass is 10.0. The van der Waals surface area contributed by atoms with Gasteiger partial charge in [-0.05, 0) is 48.2 Å². The van der Waals surface area contributed by atoms with Crippen LogP contribution in [0.2, 0.25) is 0 Å². The first-order chi connectivity index (χ1) is 16.3. The molecule has 0 radical (unpaired) electrons. The molecular formula is C26H24N2O5S. The second-order valence-electron chi connectivity index (χ2n) is 7.93. The van der Waals surface area contributed by atoms with Gasteiger partial charge in [-0.25, -0.2) is 18.5 Å². The van der Waals surface area contributed by atoms with Crippen LogP contribution >= 0.6 is 0 Å². The van der Waals surface area contributed by atoms with E-state index in [1.165, 1.54) is 12.1 Å². The van der Waals surface area contributed by atoms with E-state index >= 15 is 0 Å². The molecule has 1 heterocycles. The predicted octanol–water partition coefficient (Wildman–Crippen LogP) is 4.46. The molecule has 0 saturated carbocycles. The van der Waals surface area contributed by atoms with Crippen molar-refractivity contribution in [2.24, 2.45) is 5.14 Å². The van der Waals surface area contributed by atoms with Crippen LogP contribution in [0.5, 0.6) is 0 Å². The van der Waals surface area contributed by atoms with E-state index in [1.54, 1.807) is 12.1 Å². The molecule has 34 heavy (non-hydrogen) atoms. The molecule has 0 saturated heterocycles. The number of aromatic nitrogens is 1. The number of carboxylic acid groups (broad SMARTS) is 1. The zero-order valence-corrected chi connectivity index (χ0v) is 19.2. The monoisotopic (exact) mass is 476 g/mol.